The number of pyridine rings is 1. The second-order valence-corrected chi connectivity index (χ2v) is 13.0. The normalized spacial score (nSPS) is 17.0. The highest BCUT2D eigenvalue weighted by atomic mass is 32.2. The first-order valence-electron chi connectivity index (χ1n) is 10.8. The van der Waals surface area contributed by atoms with Crippen LogP contribution < -0.4 is 0 Å². The molecule has 1 saturated heterocycles. The molecule has 7 nitrogen and oxygen atoms in total. The topological polar surface area (TPSA) is 101 Å². The maximum atomic E-state index is 13.0. The van der Waals surface area contributed by atoms with E-state index in [4.69, 9.17) is 0 Å². The highest BCUT2D eigenvalue weighted by molar-refractivity contribution is 7.92. The fraction of sp³-hybridized carbons (Fsp3) is 0.455. The number of amides is 1. The first-order valence-corrected chi connectivity index (χ1v) is 14.2. The number of carbonyl (C=O) groups excluding carboxylic acids is 1. The van der Waals surface area contributed by atoms with E-state index >= 15 is 0 Å². The van der Waals surface area contributed by atoms with Crippen molar-refractivity contribution >= 4 is 25.6 Å². The molecule has 0 N–H and O–H groups in total. The van der Waals surface area contributed by atoms with Gasteiger partial charge in [-0.1, -0.05) is 6.07 Å². The Hall–Kier alpha value is -2.68. The van der Waals surface area contributed by atoms with Crippen LogP contribution in [0, 0.1) is 5.92 Å². The van der Waals surface area contributed by atoms with Gasteiger partial charge < -0.3 is 4.90 Å². The van der Waals surface area contributed by atoms with E-state index in [1.165, 1.54) is 6.92 Å². The number of likely N-dealkylation sites (tertiary alicyclic amines) is 1. The highest BCUT2D eigenvalue weighted by Gasteiger charge is 2.38. The van der Waals surface area contributed by atoms with Gasteiger partial charge in [-0.05, 0) is 49.9 Å². The second-order valence-electron chi connectivity index (χ2n) is 8.75. The Labute approximate surface area is 209 Å². The van der Waals surface area contributed by atoms with E-state index in [0.717, 1.165) is 23.1 Å². The summed E-state index contributed by atoms with van der Waals surface area (Å²) in [6.45, 7) is 1.24. The van der Waals surface area contributed by atoms with Crippen LogP contribution in [0.3, 0.4) is 0 Å². The van der Waals surface area contributed by atoms with Crippen LogP contribution in [0.5, 0.6) is 0 Å². The van der Waals surface area contributed by atoms with Crippen LogP contribution in [0.1, 0.15) is 41.4 Å². The first-order chi connectivity index (χ1) is 16.8. The number of halogens is 6. The summed E-state index contributed by atoms with van der Waals surface area (Å²) in [6, 6.07) is 3.73. The molecule has 204 valence electrons. The molecule has 1 aromatic carbocycles. The lowest BCUT2D eigenvalue weighted by atomic mass is 9.94. The molecule has 15 heteroatoms. The van der Waals surface area contributed by atoms with Gasteiger partial charge in [0, 0.05) is 25.5 Å². The van der Waals surface area contributed by atoms with Gasteiger partial charge in [-0.2, -0.15) is 26.3 Å². The molecule has 3 rings (SSSR count). The standard InChI is InChI=1S/C22H22F6N2O5S2/c1-13(37(34,35)17-5-3-4-15(10-17)21(23,24)25)14-6-8-30(9-7-14)20(31)19-18(36(2,32)33)11-16(12-29-19)22(26,27)28/h3-5,10-14H,6-9H2,1-2H3/t13-/m1/s1. The van der Waals surface area contributed by atoms with Crippen molar-refractivity contribution in [3.8, 4) is 0 Å². The molecule has 1 aliphatic heterocycles. The molecule has 0 spiro atoms. The monoisotopic (exact) mass is 572 g/mol. The summed E-state index contributed by atoms with van der Waals surface area (Å²) in [5, 5.41) is -1.09. The third-order valence-corrected chi connectivity index (χ3v) is 9.64. The Balaban J connectivity index is 1.79. The number of alkyl halides is 6. The van der Waals surface area contributed by atoms with Gasteiger partial charge in [0.05, 0.1) is 26.2 Å². The number of aromatic nitrogens is 1. The maximum Gasteiger partial charge on any atom is 0.417 e. The molecule has 1 aromatic heterocycles. The smallest absolute Gasteiger partial charge is 0.337 e. The molecule has 0 unspecified atom stereocenters. The quantitative estimate of drug-likeness (QED) is 0.497. The maximum absolute atomic E-state index is 13.0. The van der Waals surface area contributed by atoms with Crippen LogP contribution in [-0.4, -0.2) is 57.2 Å². The van der Waals surface area contributed by atoms with E-state index in [1.807, 2.05) is 0 Å². The van der Waals surface area contributed by atoms with E-state index in [9.17, 15) is 48.0 Å². The summed E-state index contributed by atoms with van der Waals surface area (Å²) < 4.78 is 128. The Kier molecular flexibility index (Phi) is 7.72. The zero-order chi connectivity index (χ0) is 28.0. The van der Waals surface area contributed by atoms with Crippen LogP contribution >= 0.6 is 0 Å². The Morgan fingerprint density at radius 3 is 2.05 bits per heavy atom. The molecule has 2 aromatic rings. The molecule has 1 amide bonds. The van der Waals surface area contributed by atoms with E-state index in [2.05, 4.69) is 4.98 Å². The van der Waals surface area contributed by atoms with E-state index in [-0.39, 0.29) is 25.9 Å². The summed E-state index contributed by atoms with van der Waals surface area (Å²) >= 11 is 0. The number of sulfone groups is 2. The predicted octanol–water partition coefficient (Wildman–Crippen LogP) is 4.24. The van der Waals surface area contributed by atoms with Gasteiger partial charge in [0.1, 0.15) is 5.69 Å². The molecular formula is C22H22F6N2O5S2. The largest absolute Gasteiger partial charge is 0.417 e. The summed E-state index contributed by atoms with van der Waals surface area (Å²) in [4.78, 5) is 16.2. The number of carbonyl (C=O) groups is 1. The van der Waals surface area contributed by atoms with Crippen molar-refractivity contribution in [2.45, 2.75) is 47.2 Å². The van der Waals surface area contributed by atoms with Crippen LogP contribution in [0.15, 0.2) is 46.3 Å². The Morgan fingerprint density at radius 1 is 0.973 bits per heavy atom. The summed E-state index contributed by atoms with van der Waals surface area (Å²) in [7, 11) is -8.42. The molecule has 0 saturated carbocycles. The average Bonchev–Trinajstić information content (AvgIpc) is 2.81. The second kappa shape index (κ2) is 9.89. The van der Waals surface area contributed by atoms with Crippen molar-refractivity contribution in [3.63, 3.8) is 0 Å². The van der Waals surface area contributed by atoms with E-state index in [1.54, 1.807) is 0 Å². The van der Waals surface area contributed by atoms with Gasteiger partial charge in [-0.25, -0.2) is 21.8 Å². The number of nitrogens with zero attached hydrogens (tertiary/aromatic N) is 2. The fourth-order valence-electron chi connectivity index (χ4n) is 4.08. The lowest BCUT2D eigenvalue weighted by Gasteiger charge is -2.34. The van der Waals surface area contributed by atoms with Gasteiger partial charge in [-0.15, -0.1) is 0 Å². The molecule has 2 heterocycles. The van der Waals surface area contributed by atoms with Gasteiger partial charge in [0.2, 0.25) is 0 Å². The molecule has 1 atom stereocenters. The SMILES string of the molecule is C[C@H](C1CCN(C(=O)c2ncc(C(F)(F)F)cc2S(C)(=O)=O)CC1)S(=O)(=O)c1cccc(C(F)(F)F)c1. The molecule has 0 aliphatic carbocycles. The van der Waals surface area contributed by atoms with Crippen LogP contribution in [0.4, 0.5) is 26.3 Å². The van der Waals surface area contributed by atoms with E-state index < -0.39 is 75.7 Å². The lowest BCUT2D eigenvalue weighted by Crippen LogP contribution is -2.43. The minimum Gasteiger partial charge on any atom is -0.337 e. The van der Waals surface area contributed by atoms with Crippen molar-refractivity contribution < 1.29 is 48.0 Å². The van der Waals surface area contributed by atoms with Crippen LogP contribution in [-0.2, 0) is 32.0 Å². The number of hydrogen-bond donors (Lipinski definition) is 0. The number of benzene rings is 1. The summed E-state index contributed by atoms with van der Waals surface area (Å²) in [5.74, 6) is -1.47. The van der Waals surface area contributed by atoms with Gasteiger partial charge >= 0.3 is 12.4 Å². The molecular weight excluding hydrogens is 550 g/mol. The van der Waals surface area contributed by atoms with Crippen molar-refractivity contribution in [3.05, 3.63) is 53.3 Å². The Bertz CT molecular complexity index is 1400. The van der Waals surface area contributed by atoms with Crippen LogP contribution in [0.25, 0.3) is 0 Å². The van der Waals surface area contributed by atoms with Crippen molar-refractivity contribution in [2.24, 2.45) is 5.92 Å². The summed E-state index contributed by atoms with van der Waals surface area (Å²) in [5.41, 5.74) is -3.12. The third kappa shape index (κ3) is 6.25. The van der Waals surface area contributed by atoms with Crippen molar-refractivity contribution in [1.29, 1.82) is 0 Å². The zero-order valence-corrected chi connectivity index (χ0v) is 21.1. The number of hydrogen-bond acceptors (Lipinski definition) is 6. The number of rotatable bonds is 5. The average molecular weight is 573 g/mol. The molecule has 1 fully saturated rings. The molecule has 37 heavy (non-hydrogen) atoms. The minimum absolute atomic E-state index is 0.0577. The Morgan fingerprint density at radius 2 is 1.54 bits per heavy atom. The number of piperidine rings is 1. The van der Waals surface area contributed by atoms with Crippen molar-refractivity contribution in [1.82, 2.24) is 9.88 Å². The zero-order valence-electron chi connectivity index (χ0n) is 19.5. The van der Waals surface area contributed by atoms with Gasteiger partial charge in [0.25, 0.3) is 5.91 Å². The summed E-state index contributed by atoms with van der Waals surface area (Å²) in [6.07, 6.45) is -8.38. The first kappa shape index (κ1) is 28.9. The lowest BCUT2D eigenvalue weighted by molar-refractivity contribution is -0.138. The predicted molar refractivity (Wildman–Crippen MR) is 119 cm³/mol. The van der Waals surface area contributed by atoms with Gasteiger partial charge in [0.15, 0.2) is 19.7 Å². The van der Waals surface area contributed by atoms with E-state index in [0.29, 0.717) is 24.6 Å². The van der Waals surface area contributed by atoms with Crippen LogP contribution in [0.2, 0.25) is 0 Å². The fourth-order valence-corrected chi connectivity index (χ4v) is 6.68. The highest BCUT2D eigenvalue weighted by Crippen LogP contribution is 2.35. The van der Waals surface area contributed by atoms with Gasteiger partial charge in [-0.3, -0.25) is 4.79 Å². The molecule has 0 bridgehead atoms. The van der Waals surface area contributed by atoms with Crippen molar-refractivity contribution in [2.75, 3.05) is 19.3 Å². The third-order valence-electron chi connectivity index (χ3n) is 6.25. The molecule has 0 radical (unpaired) electrons. The minimum atomic E-state index is -4.88. The molecule has 1 aliphatic rings.